The smallest absolute Gasteiger partial charge is 0.309 e. The maximum atomic E-state index is 13.4. The summed E-state index contributed by atoms with van der Waals surface area (Å²) in [4.78, 5) is 21.6. The summed E-state index contributed by atoms with van der Waals surface area (Å²) in [6.07, 6.45) is 0. The van der Waals surface area contributed by atoms with Crippen LogP contribution in [0.15, 0.2) is 6.07 Å². The lowest BCUT2D eigenvalue weighted by molar-refractivity contribution is -0.387. The molecule has 1 aromatic rings. The van der Waals surface area contributed by atoms with E-state index in [1.165, 1.54) is 20.9 Å². The Morgan fingerprint density at radius 2 is 1.94 bits per heavy atom. The Hall–Kier alpha value is -2.05. The van der Waals surface area contributed by atoms with Crippen LogP contribution in [-0.2, 0) is 4.79 Å². The second kappa shape index (κ2) is 4.44. The summed E-state index contributed by atoms with van der Waals surface area (Å²) in [5.74, 6) is -3.27. The predicted octanol–water partition coefficient (Wildman–Crippen LogP) is 2.16. The zero-order valence-corrected chi connectivity index (χ0v) is 9.45. The number of amides is 1. The lowest BCUT2D eigenvalue weighted by Gasteiger charge is -2.17. The van der Waals surface area contributed by atoms with E-state index in [2.05, 4.69) is 0 Å². The second-order valence-electron chi connectivity index (χ2n) is 3.50. The number of nitro benzene ring substituents is 1. The van der Waals surface area contributed by atoms with Crippen molar-refractivity contribution in [2.24, 2.45) is 0 Å². The zero-order chi connectivity index (χ0) is 13.3. The summed E-state index contributed by atoms with van der Waals surface area (Å²) in [5.41, 5.74) is -1.16. The summed E-state index contributed by atoms with van der Waals surface area (Å²) >= 11 is 0. The number of carbonyl (C=O) groups excluding carboxylic acids is 1. The van der Waals surface area contributed by atoms with Crippen molar-refractivity contribution in [2.45, 2.75) is 13.8 Å². The van der Waals surface area contributed by atoms with Gasteiger partial charge in [0.1, 0.15) is 0 Å². The molecule has 5 nitrogen and oxygen atoms in total. The summed E-state index contributed by atoms with van der Waals surface area (Å²) in [6.45, 7) is 2.46. The molecule has 1 aromatic carbocycles. The molecule has 0 aromatic heterocycles. The Bertz CT molecular complexity index is 503. The van der Waals surface area contributed by atoms with E-state index in [9.17, 15) is 23.7 Å². The van der Waals surface area contributed by atoms with Crippen LogP contribution >= 0.6 is 0 Å². The minimum Gasteiger partial charge on any atom is -0.315 e. The van der Waals surface area contributed by atoms with Crippen molar-refractivity contribution in [1.29, 1.82) is 0 Å². The fourth-order valence-corrected chi connectivity index (χ4v) is 1.34. The maximum absolute atomic E-state index is 13.4. The van der Waals surface area contributed by atoms with Crippen LogP contribution < -0.4 is 4.90 Å². The Morgan fingerprint density at radius 3 is 2.35 bits per heavy atom. The predicted molar refractivity (Wildman–Crippen MR) is 56.8 cm³/mol. The summed E-state index contributed by atoms with van der Waals surface area (Å²) in [5, 5.41) is 10.5. The van der Waals surface area contributed by atoms with E-state index in [4.69, 9.17) is 0 Å². The number of benzene rings is 1. The van der Waals surface area contributed by atoms with Gasteiger partial charge >= 0.3 is 5.69 Å². The van der Waals surface area contributed by atoms with Gasteiger partial charge in [-0.05, 0) is 6.92 Å². The molecule has 17 heavy (non-hydrogen) atoms. The van der Waals surface area contributed by atoms with Crippen LogP contribution in [0.1, 0.15) is 12.5 Å². The van der Waals surface area contributed by atoms with Gasteiger partial charge in [-0.2, -0.15) is 4.39 Å². The largest absolute Gasteiger partial charge is 0.315 e. The number of halogens is 2. The van der Waals surface area contributed by atoms with Crippen LogP contribution in [0.2, 0.25) is 0 Å². The molecule has 0 aliphatic heterocycles. The van der Waals surface area contributed by atoms with Crippen molar-refractivity contribution in [1.82, 2.24) is 0 Å². The number of rotatable bonds is 2. The lowest BCUT2D eigenvalue weighted by atomic mass is 10.1. The first kappa shape index (κ1) is 13.0. The SMILES string of the molecule is CC(=O)N(C)c1cc([N+](=O)[O-])c(F)c(F)c1C. The van der Waals surface area contributed by atoms with Gasteiger partial charge in [0.2, 0.25) is 11.7 Å². The molecule has 0 spiro atoms. The van der Waals surface area contributed by atoms with E-state index in [-0.39, 0.29) is 11.3 Å². The molecule has 0 saturated carbocycles. The average Bonchev–Trinajstić information content (AvgIpc) is 2.24. The van der Waals surface area contributed by atoms with E-state index >= 15 is 0 Å². The highest BCUT2D eigenvalue weighted by atomic mass is 19.2. The Balaban J connectivity index is 3.52. The molecule has 0 atom stereocenters. The van der Waals surface area contributed by atoms with Crippen LogP contribution in [0, 0.1) is 28.7 Å². The second-order valence-corrected chi connectivity index (χ2v) is 3.50. The molecular weight excluding hydrogens is 234 g/mol. The third kappa shape index (κ3) is 2.22. The molecule has 0 aliphatic rings. The monoisotopic (exact) mass is 244 g/mol. The number of nitrogens with zero attached hydrogens (tertiary/aromatic N) is 2. The topological polar surface area (TPSA) is 63.5 Å². The van der Waals surface area contributed by atoms with Crippen LogP contribution in [0.5, 0.6) is 0 Å². The van der Waals surface area contributed by atoms with Crippen LogP contribution in [0.4, 0.5) is 20.2 Å². The van der Waals surface area contributed by atoms with Gasteiger partial charge in [-0.15, -0.1) is 0 Å². The number of hydrogen-bond donors (Lipinski definition) is 0. The van der Waals surface area contributed by atoms with Crippen molar-refractivity contribution in [3.05, 3.63) is 33.4 Å². The summed E-state index contributed by atoms with van der Waals surface area (Å²) < 4.78 is 26.7. The molecule has 0 heterocycles. The number of carbonyl (C=O) groups is 1. The quantitative estimate of drug-likeness (QED) is 0.591. The molecule has 1 amide bonds. The van der Waals surface area contributed by atoms with Gasteiger partial charge in [0.05, 0.1) is 10.6 Å². The molecular formula is C10H10F2N2O3. The summed E-state index contributed by atoms with van der Waals surface area (Å²) in [7, 11) is 1.33. The van der Waals surface area contributed by atoms with Gasteiger partial charge in [0.25, 0.3) is 0 Å². The maximum Gasteiger partial charge on any atom is 0.309 e. The van der Waals surface area contributed by atoms with E-state index in [1.54, 1.807) is 0 Å². The Morgan fingerprint density at radius 1 is 1.41 bits per heavy atom. The molecule has 0 fully saturated rings. The van der Waals surface area contributed by atoms with Crippen molar-refractivity contribution in [2.75, 3.05) is 11.9 Å². The molecule has 0 unspecified atom stereocenters. The van der Waals surface area contributed by atoms with Crippen LogP contribution in [-0.4, -0.2) is 17.9 Å². The average molecular weight is 244 g/mol. The molecule has 0 saturated heterocycles. The van der Waals surface area contributed by atoms with Gasteiger partial charge < -0.3 is 4.90 Å². The Labute approximate surface area is 95.8 Å². The standard InChI is InChI=1S/C10H10F2N2O3/c1-5-7(13(3)6(2)15)4-8(14(16)17)10(12)9(5)11/h4H,1-3H3. The van der Waals surface area contributed by atoms with Gasteiger partial charge in [0.15, 0.2) is 5.82 Å². The number of anilines is 1. The first-order valence-electron chi connectivity index (χ1n) is 4.64. The molecule has 0 N–H and O–H groups in total. The highest BCUT2D eigenvalue weighted by Gasteiger charge is 2.25. The summed E-state index contributed by atoms with van der Waals surface area (Å²) in [6, 6.07) is 0.842. The van der Waals surface area contributed by atoms with Crippen LogP contribution in [0.25, 0.3) is 0 Å². The van der Waals surface area contributed by atoms with E-state index < -0.39 is 28.2 Å². The third-order valence-corrected chi connectivity index (χ3v) is 2.43. The first-order valence-corrected chi connectivity index (χ1v) is 4.64. The van der Waals surface area contributed by atoms with Crippen molar-refractivity contribution >= 4 is 17.3 Å². The number of hydrogen-bond acceptors (Lipinski definition) is 3. The van der Waals surface area contributed by atoms with E-state index in [0.717, 1.165) is 11.0 Å². The first-order chi connectivity index (χ1) is 7.77. The molecule has 92 valence electrons. The van der Waals surface area contributed by atoms with Crippen molar-refractivity contribution in [3.8, 4) is 0 Å². The Kier molecular flexibility index (Phi) is 3.40. The minimum atomic E-state index is -1.52. The van der Waals surface area contributed by atoms with Crippen molar-refractivity contribution < 1.29 is 18.5 Å². The molecule has 0 bridgehead atoms. The fourth-order valence-electron chi connectivity index (χ4n) is 1.34. The molecule has 1 rings (SSSR count). The fraction of sp³-hybridized carbons (Fsp3) is 0.300. The van der Waals surface area contributed by atoms with Gasteiger partial charge in [-0.3, -0.25) is 14.9 Å². The van der Waals surface area contributed by atoms with E-state index in [1.807, 2.05) is 0 Å². The highest BCUT2D eigenvalue weighted by molar-refractivity contribution is 5.92. The minimum absolute atomic E-state index is 0.0249. The van der Waals surface area contributed by atoms with E-state index in [0.29, 0.717) is 0 Å². The normalized spacial score (nSPS) is 10.2. The van der Waals surface area contributed by atoms with Gasteiger partial charge in [0, 0.05) is 25.6 Å². The highest BCUT2D eigenvalue weighted by Crippen LogP contribution is 2.31. The van der Waals surface area contributed by atoms with Crippen molar-refractivity contribution in [3.63, 3.8) is 0 Å². The zero-order valence-electron chi connectivity index (χ0n) is 9.45. The third-order valence-electron chi connectivity index (χ3n) is 2.43. The lowest BCUT2D eigenvalue weighted by Crippen LogP contribution is -2.24. The van der Waals surface area contributed by atoms with Gasteiger partial charge in [-0.25, -0.2) is 4.39 Å². The molecule has 7 heteroatoms. The van der Waals surface area contributed by atoms with Gasteiger partial charge in [-0.1, -0.05) is 0 Å². The molecule has 0 aliphatic carbocycles. The van der Waals surface area contributed by atoms with Crippen LogP contribution in [0.3, 0.4) is 0 Å². The molecule has 0 radical (unpaired) electrons. The number of nitro groups is 1.